The first-order chi connectivity index (χ1) is 15.2. The van der Waals surface area contributed by atoms with E-state index in [9.17, 15) is 14.4 Å². The van der Waals surface area contributed by atoms with Gasteiger partial charge in [0.2, 0.25) is 11.8 Å². The number of hydrogen-bond donors (Lipinski definition) is 1. The minimum Gasteiger partial charge on any atom is -0.307 e. The molecule has 0 radical (unpaired) electrons. The third-order valence-corrected chi connectivity index (χ3v) is 5.38. The topological polar surface area (TPSA) is 84.3 Å². The zero-order valence-corrected chi connectivity index (χ0v) is 18.5. The first-order valence-corrected chi connectivity index (χ1v) is 10.6. The molecule has 0 aliphatic carbocycles. The lowest BCUT2D eigenvalue weighted by atomic mass is 9.92. The van der Waals surface area contributed by atoms with Crippen LogP contribution in [0.1, 0.15) is 55.2 Å². The quantitative estimate of drug-likeness (QED) is 0.617. The molecule has 3 aromatic rings. The smallest absolute Gasteiger partial charge is 0.256 e. The molecule has 0 unspecified atom stereocenters. The average Bonchev–Trinajstić information content (AvgIpc) is 3.31. The van der Waals surface area contributed by atoms with Crippen molar-refractivity contribution in [3.05, 3.63) is 77.5 Å². The van der Waals surface area contributed by atoms with Gasteiger partial charge in [-0.1, -0.05) is 57.2 Å². The highest BCUT2D eigenvalue weighted by Crippen LogP contribution is 2.26. The minimum absolute atomic E-state index is 0.183. The molecule has 0 bridgehead atoms. The van der Waals surface area contributed by atoms with Crippen LogP contribution < -0.4 is 10.2 Å². The van der Waals surface area contributed by atoms with Crippen LogP contribution in [0.2, 0.25) is 0 Å². The van der Waals surface area contributed by atoms with Gasteiger partial charge in [-0.2, -0.15) is 5.10 Å². The van der Waals surface area contributed by atoms with Crippen LogP contribution >= 0.6 is 0 Å². The van der Waals surface area contributed by atoms with E-state index >= 15 is 0 Å². The van der Waals surface area contributed by atoms with Crippen LogP contribution in [0.15, 0.2) is 60.7 Å². The van der Waals surface area contributed by atoms with E-state index in [1.54, 1.807) is 28.9 Å². The molecular weight excluding hydrogens is 404 g/mol. The molecule has 0 atom stereocenters. The van der Waals surface area contributed by atoms with E-state index in [0.717, 1.165) is 16.2 Å². The molecule has 164 valence electrons. The number of rotatable bonds is 5. The van der Waals surface area contributed by atoms with Crippen molar-refractivity contribution in [3.8, 4) is 0 Å². The van der Waals surface area contributed by atoms with Crippen LogP contribution in [0.5, 0.6) is 0 Å². The summed E-state index contributed by atoms with van der Waals surface area (Å²) in [6.07, 6.45) is 0.396. The van der Waals surface area contributed by atoms with Gasteiger partial charge in [0, 0.05) is 29.9 Å². The van der Waals surface area contributed by atoms with Gasteiger partial charge in [0.25, 0.3) is 5.91 Å². The van der Waals surface area contributed by atoms with E-state index in [1.165, 1.54) is 0 Å². The fourth-order valence-corrected chi connectivity index (χ4v) is 3.60. The van der Waals surface area contributed by atoms with Crippen LogP contribution in [-0.4, -0.2) is 27.5 Å². The molecule has 1 aromatic heterocycles. The van der Waals surface area contributed by atoms with Crippen molar-refractivity contribution in [2.45, 2.75) is 45.6 Å². The number of imide groups is 1. The molecule has 2 aromatic carbocycles. The van der Waals surface area contributed by atoms with Gasteiger partial charge in [0.15, 0.2) is 0 Å². The summed E-state index contributed by atoms with van der Waals surface area (Å²) in [5.41, 5.74) is 2.53. The predicted molar refractivity (Wildman–Crippen MR) is 123 cm³/mol. The lowest BCUT2D eigenvalue weighted by Gasteiger charge is -2.15. The van der Waals surface area contributed by atoms with Crippen molar-refractivity contribution in [2.75, 3.05) is 10.2 Å². The summed E-state index contributed by atoms with van der Waals surface area (Å²) in [6.45, 7) is 6.73. The summed E-state index contributed by atoms with van der Waals surface area (Å²) in [7, 11) is 0. The Bertz CT molecular complexity index is 1160. The number of carbonyl (C=O) groups is 3. The van der Waals surface area contributed by atoms with Crippen molar-refractivity contribution in [1.82, 2.24) is 9.78 Å². The molecule has 2 heterocycles. The lowest BCUT2D eigenvalue weighted by molar-refractivity contribution is -0.121. The summed E-state index contributed by atoms with van der Waals surface area (Å²) in [5, 5.41) is 7.68. The second kappa shape index (κ2) is 8.42. The second-order valence-corrected chi connectivity index (χ2v) is 8.94. The lowest BCUT2D eigenvalue weighted by Crippen LogP contribution is -2.28. The summed E-state index contributed by atoms with van der Waals surface area (Å²) in [6, 6.07) is 18.4. The maximum absolute atomic E-state index is 13.1. The largest absolute Gasteiger partial charge is 0.307 e. The van der Waals surface area contributed by atoms with E-state index in [1.807, 2.05) is 36.4 Å². The van der Waals surface area contributed by atoms with Crippen LogP contribution in [0, 0.1) is 0 Å². The normalized spacial score (nSPS) is 14.2. The Morgan fingerprint density at radius 3 is 2.31 bits per heavy atom. The molecule has 32 heavy (non-hydrogen) atoms. The van der Waals surface area contributed by atoms with E-state index in [-0.39, 0.29) is 36.0 Å². The van der Waals surface area contributed by atoms with Crippen LogP contribution in [0.3, 0.4) is 0 Å². The highest BCUT2D eigenvalue weighted by atomic mass is 16.2. The van der Waals surface area contributed by atoms with Crippen LogP contribution in [0.25, 0.3) is 0 Å². The Labute approximate surface area is 187 Å². The SMILES string of the molecule is CC(C)(C)c1cc(NC(=O)c2cccc(N3C(=O)CCC3=O)c2)n(Cc2ccccc2)n1. The zero-order chi connectivity index (χ0) is 22.9. The molecule has 1 fully saturated rings. The summed E-state index contributed by atoms with van der Waals surface area (Å²) < 4.78 is 1.78. The van der Waals surface area contributed by atoms with E-state index in [4.69, 9.17) is 5.10 Å². The number of hydrogen-bond acceptors (Lipinski definition) is 4. The molecule has 1 aliphatic heterocycles. The Hall–Kier alpha value is -3.74. The molecule has 0 saturated carbocycles. The van der Waals surface area contributed by atoms with E-state index < -0.39 is 0 Å². The van der Waals surface area contributed by atoms with Gasteiger partial charge >= 0.3 is 0 Å². The van der Waals surface area contributed by atoms with Crippen molar-refractivity contribution in [1.29, 1.82) is 0 Å². The molecule has 1 aliphatic rings. The second-order valence-electron chi connectivity index (χ2n) is 8.94. The van der Waals surface area contributed by atoms with Crippen molar-refractivity contribution >= 4 is 29.2 Å². The molecule has 0 spiro atoms. The number of amides is 3. The number of carbonyl (C=O) groups excluding carboxylic acids is 3. The molecule has 1 N–H and O–H groups in total. The van der Waals surface area contributed by atoms with Gasteiger partial charge in [0.05, 0.1) is 17.9 Å². The first kappa shape index (κ1) is 21.5. The maximum Gasteiger partial charge on any atom is 0.256 e. The fourth-order valence-electron chi connectivity index (χ4n) is 3.60. The third kappa shape index (κ3) is 4.46. The van der Waals surface area contributed by atoms with Gasteiger partial charge in [-0.05, 0) is 23.8 Å². The Kier molecular flexibility index (Phi) is 5.65. The number of anilines is 2. The Morgan fingerprint density at radius 2 is 1.66 bits per heavy atom. The standard InChI is InChI=1S/C25H26N4O3/c1-25(2,3)20-15-21(28(27-20)16-17-8-5-4-6-9-17)26-24(32)18-10-7-11-19(14-18)29-22(30)12-13-23(29)31/h4-11,14-15H,12-13,16H2,1-3H3,(H,26,32). The van der Waals surface area contributed by atoms with E-state index in [0.29, 0.717) is 23.6 Å². The predicted octanol–water partition coefficient (Wildman–Crippen LogP) is 4.13. The number of nitrogens with zero attached hydrogens (tertiary/aromatic N) is 3. The van der Waals surface area contributed by atoms with Crippen molar-refractivity contribution < 1.29 is 14.4 Å². The Morgan fingerprint density at radius 1 is 0.969 bits per heavy atom. The van der Waals surface area contributed by atoms with Gasteiger partial charge in [0.1, 0.15) is 5.82 Å². The van der Waals surface area contributed by atoms with Crippen LogP contribution in [-0.2, 0) is 21.5 Å². The molecule has 4 rings (SSSR count). The molecular formula is C25H26N4O3. The molecule has 1 saturated heterocycles. The van der Waals surface area contributed by atoms with Gasteiger partial charge in [-0.25, -0.2) is 4.68 Å². The number of aromatic nitrogens is 2. The highest BCUT2D eigenvalue weighted by molar-refractivity contribution is 6.20. The summed E-state index contributed by atoms with van der Waals surface area (Å²) >= 11 is 0. The highest BCUT2D eigenvalue weighted by Gasteiger charge is 2.30. The fraction of sp³-hybridized carbons (Fsp3) is 0.280. The first-order valence-electron chi connectivity index (χ1n) is 10.6. The third-order valence-electron chi connectivity index (χ3n) is 5.38. The molecule has 3 amide bonds. The molecule has 7 nitrogen and oxygen atoms in total. The van der Waals surface area contributed by atoms with Crippen molar-refractivity contribution in [3.63, 3.8) is 0 Å². The number of nitrogens with one attached hydrogen (secondary N) is 1. The minimum atomic E-state index is -0.333. The van der Waals surface area contributed by atoms with Gasteiger partial charge in [-0.3, -0.25) is 19.3 Å². The summed E-state index contributed by atoms with van der Waals surface area (Å²) in [4.78, 5) is 38.3. The van der Waals surface area contributed by atoms with Crippen LogP contribution in [0.4, 0.5) is 11.5 Å². The molecule has 7 heteroatoms. The van der Waals surface area contributed by atoms with Gasteiger partial charge in [-0.15, -0.1) is 0 Å². The average molecular weight is 431 g/mol. The summed E-state index contributed by atoms with van der Waals surface area (Å²) in [5.74, 6) is -0.241. The maximum atomic E-state index is 13.1. The zero-order valence-electron chi connectivity index (χ0n) is 18.5. The van der Waals surface area contributed by atoms with Crippen molar-refractivity contribution in [2.24, 2.45) is 0 Å². The Balaban J connectivity index is 1.61. The van der Waals surface area contributed by atoms with E-state index in [2.05, 4.69) is 26.1 Å². The monoisotopic (exact) mass is 430 g/mol. The van der Waals surface area contributed by atoms with Gasteiger partial charge < -0.3 is 5.32 Å². The number of benzene rings is 2.